The molecule has 4 aromatic rings. The molecule has 3 fully saturated rings. The normalized spacial score (nSPS) is 23.3. The summed E-state index contributed by atoms with van der Waals surface area (Å²) in [5.74, 6) is -0.767. The van der Waals surface area contributed by atoms with Crippen LogP contribution in [0.25, 0.3) is 33.1 Å². The highest BCUT2D eigenvalue weighted by molar-refractivity contribution is 5.97. The molecule has 2 unspecified atom stereocenters. The van der Waals surface area contributed by atoms with Crippen molar-refractivity contribution in [2.75, 3.05) is 38.2 Å². The first-order chi connectivity index (χ1) is 18.9. The summed E-state index contributed by atoms with van der Waals surface area (Å²) in [4.78, 5) is 33.0. The number of hydrogen-bond acceptors (Lipinski definition) is 8. The maximum Gasteiger partial charge on any atom is 0.319 e. The van der Waals surface area contributed by atoms with Gasteiger partial charge in [0.25, 0.3) is 0 Å². The smallest absolute Gasteiger partial charge is 0.319 e. The Morgan fingerprint density at radius 2 is 1.95 bits per heavy atom. The van der Waals surface area contributed by atoms with Gasteiger partial charge < -0.3 is 24.8 Å². The number of benzene rings is 1. The van der Waals surface area contributed by atoms with E-state index in [1.807, 2.05) is 0 Å². The maximum absolute atomic E-state index is 16.4. The molecule has 39 heavy (non-hydrogen) atoms. The van der Waals surface area contributed by atoms with E-state index < -0.39 is 17.2 Å². The number of aromatic amines is 1. The van der Waals surface area contributed by atoms with Crippen molar-refractivity contribution in [3.05, 3.63) is 52.5 Å². The minimum Gasteiger partial charge on any atom is -0.462 e. The Morgan fingerprint density at radius 3 is 2.72 bits per heavy atom. The molecule has 1 aromatic carbocycles. The van der Waals surface area contributed by atoms with Gasteiger partial charge in [-0.05, 0) is 50.7 Å². The Labute approximate surface area is 223 Å². The number of hydrogen-bond donors (Lipinski definition) is 2. The van der Waals surface area contributed by atoms with Crippen LogP contribution in [-0.2, 0) is 0 Å². The van der Waals surface area contributed by atoms with Crippen LogP contribution >= 0.6 is 0 Å². The number of likely N-dealkylation sites (N-methyl/N-ethyl adjacent to an activating group) is 1. The molecule has 0 aliphatic carbocycles. The number of anilines is 1. The van der Waals surface area contributed by atoms with E-state index in [2.05, 4.69) is 37.1 Å². The number of likely N-dealkylation sites (tertiary alicyclic amines) is 1. The van der Waals surface area contributed by atoms with Gasteiger partial charge in [-0.3, -0.25) is 9.78 Å². The van der Waals surface area contributed by atoms with Crippen molar-refractivity contribution < 1.29 is 13.5 Å². The van der Waals surface area contributed by atoms with Crippen molar-refractivity contribution in [3.63, 3.8) is 0 Å². The summed E-state index contributed by atoms with van der Waals surface area (Å²) >= 11 is 0. The number of pyridine rings is 2. The summed E-state index contributed by atoms with van der Waals surface area (Å²) < 4.78 is 37.3. The molecule has 0 saturated carbocycles. The average molecular weight is 534 g/mol. The first-order valence-electron chi connectivity index (χ1n) is 13.5. The monoisotopic (exact) mass is 533 g/mol. The van der Waals surface area contributed by atoms with Crippen molar-refractivity contribution in [1.29, 1.82) is 0 Å². The van der Waals surface area contributed by atoms with Crippen molar-refractivity contribution >= 4 is 27.5 Å². The zero-order chi connectivity index (χ0) is 26.7. The van der Waals surface area contributed by atoms with Crippen LogP contribution in [0.2, 0.25) is 0 Å². The van der Waals surface area contributed by atoms with Crippen molar-refractivity contribution in [2.45, 2.75) is 43.8 Å². The molecule has 6 heterocycles. The molecular formula is C28H29F2N7O2. The number of rotatable bonds is 5. The van der Waals surface area contributed by atoms with Gasteiger partial charge in [-0.1, -0.05) is 12.1 Å². The summed E-state index contributed by atoms with van der Waals surface area (Å²) in [6.45, 7) is 2.87. The minimum atomic E-state index is -0.761. The fourth-order valence-electron chi connectivity index (χ4n) is 6.30. The van der Waals surface area contributed by atoms with Crippen LogP contribution in [0.5, 0.6) is 6.01 Å². The number of nitrogens with zero attached hydrogens (tertiary/aromatic N) is 5. The zero-order valence-corrected chi connectivity index (χ0v) is 21.6. The Balaban J connectivity index is 1.38. The van der Waals surface area contributed by atoms with Gasteiger partial charge >= 0.3 is 6.01 Å². The summed E-state index contributed by atoms with van der Waals surface area (Å²) in [5, 5.41) is 4.51. The lowest BCUT2D eigenvalue weighted by Crippen LogP contribution is -2.51. The van der Waals surface area contributed by atoms with Crippen LogP contribution in [0.1, 0.15) is 25.7 Å². The SMILES string of the molecule is CN1CCC[C@H]1COc1nc(N2CC3CCC(C2)N3)c2cnc(-c3[nH]c(=O)cc4cccc(F)c34)c(F)c2n1. The van der Waals surface area contributed by atoms with Gasteiger partial charge in [0, 0.05) is 48.9 Å². The molecule has 3 aliphatic heterocycles. The number of H-pyrrole nitrogens is 1. The van der Waals surface area contributed by atoms with E-state index in [-0.39, 0.29) is 34.3 Å². The summed E-state index contributed by atoms with van der Waals surface area (Å²) in [6.07, 6.45) is 5.79. The third kappa shape index (κ3) is 4.29. The van der Waals surface area contributed by atoms with Crippen LogP contribution in [0.3, 0.4) is 0 Å². The van der Waals surface area contributed by atoms with Gasteiger partial charge in [-0.2, -0.15) is 9.97 Å². The molecule has 11 heteroatoms. The molecule has 0 radical (unpaired) electrons. The average Bonchev–Trinajstić information content (AvgIpc) is 3.50. The van der Waals surface area contributed by atoms with Gasteiger partial charge in [-0.15, -0.1) is 0 Å². The Morgan fingerprint density at radius 1 is 1.13 bits per heavy atom. The molecule has 3 saturated heterocycles. The molecule has 0 amide bonds. The molecule has 3 aromatic heterocycles. The van der Waals surface area contributed by atoms with Crippen LogP contribution in [0.4, 0.5) is 14.6 Å². The van der Waals surface area contributed by atoms with E-state index in [0.29, 0.717) is 35.3 Å². The van der Waals surface area contributed by atoms with Crippen molar-refractivity contribution in [2.24, 2.45) is 0 Å². The van der Waals surface area contributed by atoms with E-state index in [1.165, 1.54) is 24.4 Å². The van der Waals surface area contributed by atoms with Gasteiger partial charge in [0.1, 0.15) is 29.5 Å². The largest absolute Gasteiger partial charge is 0.462 e. The molecule has 3 atom stereocenters. The Kier molecular flexibility index (Phi) is 5.93. The van der Waals surface area contributed by atoms with Gasteiger partial charge in [0.15, 0.2) is 5.82 Å². The van der Waals surface area contributed by atoms with E-state index in [0.717, 1.165) is 45.3 Å². The molecule has 2 N–H and O–H groups in total. The van der Waals surface area contributed by atoms with Crippen LogP contribution in [0, 0.1) is 11.6 Å². The molecule has 9 nitrogen and oxygen atoms in total. The highest BCUT2D eigenvalue weighted by atomic mass is 19.1. The lowest BCUT2D eigenvalue weighted by molar-refractivity contribution is 0.188. The quantitative estimate of drug-likeness (QED) is 0.404. The number of nitrogens with one attached hydrogen (secondary N) is 2. The molecule has 202 valence electrons. The lowest BCUT2D eigenvalue weighted by Gasteiger charge is -2.34. The third-order valence-corrected chi connectivity index (χ3v) is 8.30. The standard InChI is InChI=1S/C28H29F2N7O2/c1-36-9-3-5-18(36)14-39-28-34-24-19(27(35-28)37-12-16-7-8-17(13-37)32-16)11-31-26(23(24)30)25-22-15(10-21(38)33-25)4-2-6-20(22)29/h2,4,6,10-11,16-18,32H,3,5,7-9,12-14H2,1H3,(H,33,38)/t16?,17?,18-/m0/s1. The van der Waals surface area contributed by atoms with E-state index in [4.69, 9.17) is 9.72 Å². The van der Waals surface area contributed by atoms with Crippen LogP contribution in [0.15, 0.2) is 35.3 Å². The predicted molar refractivity (Wildman–Crippen MR) is 144 cm³/mol. The van der Waals surface area contributed by atoms with Gasteiger partial charge in [-0.25, -0.2) is 8.78 Å². The minimum absolute atomic E-state index is 0.0228. The second-order valence-electron chi connectivity index (χ2n) is 10.9. The zero-order valence-electron chi connectivity index (χ0n) is 21.6. The van der Waals surface area contributed by atoms with Crippen molar-refractivity contribution in [3.8, 4) is 17.4 Å². The first kappa shape index (κ1) is 24.3. The summed E-state index contributed by atoms with van der Waals surface area (Å²) in [6, 6.07) is 6.69. The third-order valence-electron chi connectivity index (χ3n) is 8.30. The number of piperazine rings is 1. The Bertz CT molecular complexity index is 1630. The van der Waals surface area contributed by atoms with E-state index >= 15 is 4.39 Å². The molecule has 0 spiro atoms. The number of aromatic nitrogens is 4. The lowest BCUT2D eigenvalue weighted by atomic mass is 10.1. The van der Waals surface area contributed by atoms with Gasteiger partial charge in [0.05, 0.1) is 11.1 Å². The van der Waals surface area contributed by atoms with Crippen LogP contribution < -0.4 is 20.5 Å². The fraction of sp³-hybridized carbons (Fsp3) is 0.429. The predicted octanol–water partition coefficient (Wildman–Crippen LogP) is 3.23. The summed E-state index contributed by atoms with van der Waals surface area (Å²) in [7, 11) is 2.06. The van der Waals surface area contributed by atoms with Crippen LogP contribution in [-0.4, -0.2) is 76.3 Å². The summed E-state index contributed by atoms with van der Waals surface area (Å²) in [5.41, 5.74) is -0.652. The number of ether oxygens (including phenoxy) is 1. The first-order valence-corrected chi connectivity index (χ1v) is 13.5. The highest BCUT2D eigenvalue weighted by Crippen LogP contribution is 2.35. The molecule has 3 aliphatic rings. The van der Waals surface area contributed by atoms with Crippen molar-refractivity contribution in [1.82, 2.24) is 30.2 Å². The number of halogens is 2. The second kappa shape index (κ2) is 9.49. The van der Waals surface area contributed by atoms with E-state index in [1.54, 1.807) is 6.07 Å². The number of fused-ring (bicyclic) bond motifs is 4. The molecular weight excluding hydrogens is 504 g/mol. The van der Waals surface area contributed by atoms with E-state index in [9.17, 15) is 9.18 Å². The Hall–Kier alpha value is -3.70. The fourth-order valence-corrected chi connectivity index (χ4v) is 6.30. The topological polar surface area (TPSA) is 99.3 Å². The van der Waals surface area contributed by atoms with Gasteiger partial charge in [0.2, 0.25) is 5.56 Å². The molecule has 7 rings (SSSR count). The molecule has 2 bridgehead atoms. The second-order valence-corrected chi connectivity index (χ2v) is 10.9. The maximum atomic E-state index is 16.4. The highest BCUT2D eigenvalue weighted by Gasteiger charge is 2.34.